The SMILES string of the molecule is COc1ccc(CNS(=O)(=O)c2cc(N)cc(-c3cccc(Cl)c3)c2)c(OC)c1. The number of halogens is 1. The number of benzene rings is 3. The summed E-state index contributed by atoms with van der Waals surface area (Å²) in [6, 6.07) is 17.0. The maximum atomic E-state index is 12.9. The number of rotatable bonds is 7. The van der Waals surface area contributed by atoms with Crippen LogP contribution in [0, 0.1) is 0 Å². The van der Waals surface area contributed by atoms with E-state index in [4.69, 9.17) is 26.8 Å². The van der Waals surface area contributed by atoms with Crippen LogP contribution in [0.15, 0.2) is 65.6 Å². The minimum Gasteiger partial charge on any atom is -0.497 e. The highest BCUT2D eigenvalue weighted by Crippen LogP contribution is 2.28. The van der Waals surface area contributed by atoms with Crippen LogP contribution in [-0.4, -0.2) is 22.6 Å². The molecule has 0 heterocycles. The summed E-state index contributed by atoms with van der Waals surface area (Å²) >= 11 is 6.05. The van der Waals surface area contributed by atoms with Crippen LogP contribution in [0.2, 0.25) is 5.02 Å². The van der Waals surface area contributed by atoms with E-state index in [2.05, 4.69) is 4.72 Å². The topological polar surface area (TPSA) is 90.7 Å². The maximum absolute atomic E-state index is 12.9. The monoisotopic (exact) mass is 432 g/mol. The quantitative estimate of drug-likeness (QED) is 0.549. The normalized spacial score (nSPS) is 11.3. The molecule has 3 aromatic carbocycles. The van der Waals surface area contributed by atoms with Gasteiger partial charge in [0.25, 0.3) is 0 Å². The highest BCUT2D eigenvalue weighted by atomic mass is 35.5. The predicted octanol–water partition coefficient (Wildman–Crippen LogP) is 4.08. The molecule has 0 saturated heterocycles. The van der Waals surface area contributed by atoms with Crippen molar-refractivity contribution in [1.29, 1.82) is 0 Å². The molecule has 0 amide bonds. The average molecular weight is 433 g/mol. The van der Waals surface area contributed by atoms with Crippen molar-refractivity contribution in [1.82, 2.24) is 4.72 Å². The molecular weight excluding hydrogens is 412 g/mol. The molecule has 0 aliphatic carbocycles. The maximum Gasteiger partial charge on any atom is 0.240 e. The molecule has 152 valence electrons. The lowest BCUT2D eigenvalue weighted by Crippen LogP contribution is -2.23. The zero-order valence-corrected chi connectivity index (χ0v) is 17.5. The summed E-state index contributed by atoms with van der Waals surface area (Å²) in [6.07, 6.45) is 0. The third-order valence-corrected chi connectivity index (χ3v) is 5.96. The van der Waals surface area contributed by atoms with Crippen molar-refractivity contribution < 1.29 is 17.9 Å². The zero-order chi connectivity index (χ0) is 21.0. The van der Waals surface area contributed by atoms with E-state index >= 15 is 0 Å². The number of anilines is 1. The van der Waals surface area contributed by atoms with E-state index in [9.17, 15) is 8.42 Å². The van der Waals surface area contributed by atoms with E-state index in [1.807, 2.05) is 6.07 Å². The molecule has 3 aromatic rings. The molecule has 0 aliphatic rings. The first-order valence-corrected chi connectivity index (χ1v) is 10.6. The Bertz CT molecular complexity index is 1130. The van der Waals surface area contributed by atoms with E-state index < -0.39 is 10.0 Å². The lowest BCUT2D eigenvalue weighted by molar-refractivity contribution is 0.390. The number of sulfonamides is 1. The van der Waals surface area contributed by atoms with Crippen LogP contribution in [0.4, 0.5) is 5.69 Å². The average Bonchev–Trinajstić information content (AvgIpc) is 2.71. The van der Waals surface area contributed by atoms with Crippen LogP contribution in [0.5, 0.6) is 11.5 Å². The Hall–Kier alpha value is -2.74. The number of hydrogen-bond acceptors (Lipinski definition) is 5. The largest absolute Gasteiger partial charge is 0.497 e. The molecular formula is C21H21ClN2O4S. The number of methoxy groups -OCH3 is 2. The van der Waals surface area contributed by atoms with Crippen LogP contribution < -0.4 is 19.9 Å². The Morgan fingerprint density at radius 3 is 2.45 bits per heavy atom. The third kappa shape index (κ3) is 5.00. The molecule has 3 N–H and O–H groups in total. The minimum atomic E-state index is -3.81. The molecule has 0 aromatic heterocycles. The van der Waals surface area contributed by atoms with Crippen molar-refractivity contribution >= 4 is 27.3 Å². The van der Waals surface area contributed by atoms with Crippen molar-refractivity contribution in [3.05, 3.63) is 71.2 Å². The van der Waals surface area contributed by atoms with Gasteiger partial charge in [0.05, 0.1) is 19.1 Å². The van der Waals surface area contributed by atoms with E-state index in [1.165, 1.54) is 13.2 Å². The van der Waals surface area contributed by atoms with Crippen molar-refractivity contribution in [3.63, 3.8) is 0 Å². The van der Waals surface area contributed by atoms with Gasteiger partial charge in [0, 0.05) is 28.9 Å². The van der Waals surface area contributed by atoms with Crippen molar-refractivity contribution in [2.24, 2.45) is 0 Å². The third-order valence-electron chi connectivity index (χ3n) is 4.34. The first-order valence-electron chi connectivity index (χ1n) is 8.69. The second kappa shape index (κ2) is 8.73. The Labute approximate surface area is 175 Å². The van der Waals surface area contributed by atoms with Crippen LogP contribution in [-0.2, 0) is 16.6 Å². The fourth-order valence-corrected chi connectivity index (χ4v) is 4.14. The molecule has 29 heavy (non-hydrogen) atoms. The lowest BCUT2D eigenvalue weighted by Gasteiger charge is -2.13. The summed E-state index contributed by atoms with van der Waals surface area (Å²) in [5, 5.41) is 0.555. The summed E-state index contributed by atoms with van der Waals surface area (Å²) < 4.78 is 38.8. The Kier molecular flexibility index (Phi) is 6.32. The number of nitrogen functional groups attached to an aromatic ring is 1. The fraction of sp³-hybridized carbons (Fsp3) is 0.143. The number of hydrogen-bond donors (Lipinski definition) is 2. The molecule has 0 aliphatic heterocycles. The van der Waals surface area contributed by atoms with Gasteiger partial charge < -0.3 is 15.2 Å². The van der Waals surface area contributed by atoms with Crippen molar-refractivity contribution in [2.75, 3.05) is 20.0 Å². The van der Waals surface area contributed by atoms with Crippen molar-refractivity contribution in [3.8, 4) is 22.6 Å². The summed E-state index contributed by atoms with van der Waals surface area (Å²) in [5.74, 6) is 1.15. The van der Waals surface area contributed by atoms with Crippen molar-refractivity contribution in [2.45, 2.75) is 11.4 Å². The molecule has 3 rings (SSSR count). The number of ether oxygens (including phenoxy) is 2. The molecule has 0 bridgehead atoms. The van der Waals surface area contributed by atoms with E-state index in [0.29, 0.717) is 33.3 Å². The molecule has 0 unspecified atom stereocenters. The summed E-state index contributed by atoms with van der Waals surface area (Å²) in [4.78, 5) is 0.0694. The fourth-order valence-electron chi connectivity index (χ4n) is 2.87. The molecule has 0 fully saturated rings. The minimum absolute atomic E-state index is 0.0524. The van der Waals surface area contributed by atoms with Gasteiger partial charge in [-0.1, -0.05) is 29.8 Å². The smallest absolute Gasteiger partial charge is 0.240 e. The summed E-state index contributed by atoms with van der Waals surface area (Å²) in [6.45, 7) is 0.0524. The Balaban J connectivity index is 1.88. The van der Waals surface area contributed by atoms with Gasteiger partial charge in [-0.3, -0.25) is 0 Å². The lowest BCUT2D eigenvalue weighted by atomic mass is 10.1. The summed E-state index contributed by atoms with van der Waals surface area (Å²) in [5.41, 5.74) is 8.41. The van der Waals surface area contributed by atoms with E-state index in [1.54, 1.807) is 55.6 Å². The van der Waals surface area contributed by atoms with Crippen LogP contribution in [0.25, 0.3) is 11.1 Å². The highest BCUT2D eigenvalue weighted by molar-refractivity contribution is 7.89. The molecule has 0 radical (unpaired) electrons. The van der Waals surface area contributed by atoms with Crippen LogP contribution in [0.1, 0.15) is 5.56 Å². The Morgan fingerprint density at radius 1 is 0.966 bits per heavy atom. The number of nitrogens with two attached hydrogens (primary N) is 1. The van der Waals surface area contributed by atoms with Gasteiger partial charge in [0.15, 0.2) is 0 Å². The molecule has 6 nitrogen and oxygen atoms in total. The second-order valence-electron chi connectivity index (χ2n) is 6.30. The predicted molar refractivity (Wildman–Crippen MR) is 115 cm³/mol. The standard InChI is InChI=1S/C21H21ClN2O4S/c1-27-19-7-6-15(21(12-19)28-2)13-24-29(25,26)20-10-16(9-18(23)11-20)14-4-3-5-17(22)8-14/h3-12,24H,13,23H2,1-2H3. The van der Waals surface area contributed by atoms with Gasteiger partial charge in [-0.25, -0.2) is 13.1 Å². The van der Waals surface area contributed by atoms with Crippen LogP contribution >= 0.6 is 11.6 Å². The Morgan fingerprint density at radius 2 is 1.76 bits per heavy atom. The number of nitrogens with one attached hydrogen (secondary N) is 1. The molecule has 0 atom stereocenters. The van der Waals surface area contributed by atoms with Gasteiger partial charge >= 0.3 is 0 Å². The zero-order valence-electron chi connectivity index (χ0n) is 16.0. The van der Waals surface area contributed by atoms with Gasteiger partial charge in [0.2, 0.25) is 10.0 Å². The van der Waals surface area contributed by atoms with Gasteiger partial charge in [-0.05, 0) is 47.5 Å². The van der Waals surface area contributed by atoms with Gasteiger partial charge in [-0.2, -0.15) is 0 Å². The first-order chi connectivity index (χ1) is 13.8. The second-order valence-corrected chi connectivity index (χ2v) is 8.51. The molecule has 0 saturated carbocycles. The summed E-state index contributed by atoms with van der Waals surface area (Å²) in [7, 11) is -0.746. The first kappa shape index (κ1) is 21.0. The van der Waals surface area contributed by atoms with E-state index in [0.717, 1.165) is 5.56 Å². The highest BCUT2D eigenvalue weighted by Gasteiger charge is 2.17. The molecule has 0 spiro atoms. The van der Waals surface area contributed by atoms with E-state index in [-0.39, 0.29) is 11.4 Å². The van der Waals surface area contributed by atoms with Gasteiger partial charge in [-0.15, -0.1) is 0 Å². The van der Waals surface area contributed by atoms with Crippen LogP contribution in [0.3, 0.4) is 0 Å². The van der Waals surface area contributed by atoms with Gasteiger partial charge in [0.1, 0.15) is 11.5 Å². The molecule has 8 heteroatoms.